The maximum absolute atomic E-state index is 12.0. The predicted molar refractivity (Wildman–Crippen MR) is 75.4 cm³/mol. The summed E-state index contributed by atoms with van der Waals surface area (Å²) in [4.78, 5) is 23.4. The van der Waals surface area contributed by atoms with E-state index in [1.807, 2.05) is 32.9 Å². The predicted octanol–water partition coefficient (Wildman–Crippen LogP) is 3.27. The van der Waals surface area contributed by atoms with Gasteiger partial charge in [0.25, 0.3) is 0 Å². The van der Waals surface area contributed by atoms with Crippen LogP contribution in [0.15, 0.2) is 18.2 Å². The van der Waals surface area contributed by atoms with Gasteiger partial charge in [-0.05, 0) is 30.7 Å². The van der Waals surface area contributed by atoms with Crippen molar-refractivity contribution in [2.24, 2.45) is 0 Å². The standard InChI is InChI=1S/C14H16BrNO2/c1-8(15)13(18)9-4-5-11-10(6-9)14(2,3)7-12(17)16-11/h4-6,8H,7H2,1-3H3,(H,16,17). The SMILES string of the molecule is CC(Br)C(=O)c1ccc2c(c1)C(C)(C)CC(=O)N2. The number of halogens is 1. The van der Waals surface area contributed by atoms with Gasteiger partial charge in [-0.15, -0.1) is 0 Å². The van der Waals surface area contributed by atoms with Crippen LogP contribution in [0.3, 0.4) is 0 Å². The highest BCUT2D eigenvalue weighted by atomic mass is 79.9. The first-order valence-electron chi connectivity index (χ1n) is 5.94. The molecule has 0 bridgehead atoms. The molecule has 0 aromatic heterocycles. The van der Waals surface area contributed by atoms with Crippen LogP contribution in [0, 0.1) is 0 Å². The van der Waals surface area contributed by atoms with E-state index < -0.39 is 0 Å². The first-order valence-corrected chi connectivity index (χ1v) is 6.85. The third-order valence-corrected chi connectivity index (χ3v) is 3.69. The molecule has 0 spiro atoms. The van der Waals surface area contributed by atoms with Crippen molar-refractivity contribution < 1.29 is 9.59 Å². The molecule has 1 N–H and O–H groups in total. The minimum atomic E-state index is -0.233. The van der Waals surface area contributed by atoms with E-state index in [0.717, 1.165) is 11.3 Å². The van der Waals surface area contributed by atoms with Gasteiger partial charge in [0.2, 0.25) is 5.91 Å². The van der Waals surface area contributed by atoms with Crippen LogP contribution in [0.25, 0.3) is 0 Å². The molecule has 0 radical (unpaired) electrons. The van der Waals surface area contributed by atoms with Crippen molar-refractivity contribution in [2.45, 2.75) is 37.4 Å². The number of Topliss-reactive ketones (excluding diaryl/α,β-unsaturated/α-hetero) is 1. The molecule has 1 aliphatic rings. The zero-order valence-electron chi connectivity index (χ0n) is 10.7. The lowest BCUT2D eigenvalue weighted by Crippen LogP contribution is -2.32. The number of hydrogen-bond acceptors (Lipinski definition) is 2. The molecule has 1 heterocycles. The van der Waals surface area contributed by atoms with Gasteiger partial charge in [0, 0.05) is 23.1 Å². The summed E-state index contributed by atoms with van der Waals surface area (Å²) in [5.41, 5.74) is 2.29. The molecule has 1 atom stereocenters. The average Bonchev–Trinajstić information content (AvgIpc) is 2.26. The lowest BCUT2D eigenvalue weighted by Gasteiger charge is -2.32. The minimum absolute atomic E-state index is 0.0282. The number of alkyl halides is 1. The number of ketones is 1. The van der Waals surface area contributed by atoms with Crippen LogP contribution in [0.5, 0.6) is 0 Å². The summed E-state index contributed by atoms with van der Waals surface area (Å²) < 4.78 is 0. The summed E-state index contributed by atoms with van der Waals surface area (Å²) in [5.74, 6) is 0.0888. The van der Waals surface area contributed by atoms with E-state index in [1.54, 1.807) is 6.07 Å². The van der Waals surface area contributed by atoms with Crippen LogP contribution in [0.1, 0.15) is 43.1 Å². The molecule has 96 valence electrons. The van der Waals surface area contributed by atoms with Gasteiger partial charge < -0.3 is 5.32 Å². The Morgan fingerprint density at radius 3 is 2.72 bits per heavy atom. The molecule has 1 unspecified atom stereocenters. The van der Waals surface area contributed by atoms with Crippen molar-refractivity contribution >= 4 is 33.3 Å². The van der Waals surface area contributed by atoms with Crippen molar-refractivity contribution in [2.75, 3.05) is 5.32 Å². The summed E-state index contributed by atoms with van der Waals surface area (Å²) >= 11 is 3.29. The number of nitrogens with one attached hydrogen (secondary N) is 1. The van der Waals surface area contributed by atoms with Crippen molar-refractivity contribution in [3.05, 3.63) is 29.3 Å². The molecule has 1 amide bonds. The number of carbonyl (C=O) groups excluding carboxylic acids is 2. The molecule has 0 aliphatic carbocycles. The summed E-state index contributed by atoms with van der Waals surface area (Å²) in [6.07, 6.45) is 0.446. The van der Waals surface area contributed by atoms with Gasteiger partial charge >= 0.3 is 0 Å². The number of fused-ring (bicyclic) bond motifs is 1. The topological polar surface area (TPSA) is 46.2 Å². The smallest absolute Gasteiger partial charge is 0.225 e. The van der Waals surface area contributed by atoms with E-state index >= 15 is 0 Å². The summed E-state index contributed by atoms with van der Waals surface area (Å²) in [7, 11) is 0. The number of amides is 1. The Morgan fingerprint density at radius 1 is 1.44 bits per heavy atom. The number of rotatable bonds is 2. The Bertz CT molecular complexity index is 521. The molecule has 18 heavy (non-hydrogen) atoms. The molecule has 0 saturated heterocycles. The highest BCUT2D eigenvalue weighted by molar-refractivity contribution is 9.10. The van der Waals surface area contributed by atoms with Crippen molar-refractivity contribution in [3.8, 4) is 0 Å². The van der Waals surface area contributed by atoms with Gasteiger partial charge in [-0.2, -0.15) is 0 Å². The zero-order valence-corrected chi connectivity index (χ0v) is 12.3. The third-order valence-electron chi connectivity index (χ3n) is 3.27. The van der Waals surface area contributed by atoms with E-state index in [0.29, 0.717) is 12.0 Å². The largest absolute Gasteiger partial charge is 0.326 e. The van der Waals surface area contributed by atoms with Gasteiger partial charge in [-0.3, -0.25) is 9.59 Å². The van der Waals surface area contributed by atoms with Gasteiger partial charge in [-0.1, -0.05) is 29.8 Å². The second kappa shape index (κ2) is 4.50. The van der Waals surface area contributed by atoms with Crippen LogP contribution in [-0.2, 0) is 10.2 Å². The van der Waals surface area contributed by atoms with Crippen LogP contribution < -0.4 is 5.32 Å². The zero-order chi connectivity index (χ0) is 13.5. The fraction of sp³-hybridized carbons (Fsp3) is 0.429. The van der Waals surface area contributed by atoms with Gasteiger partial charge in [-0.25, -0.2) is 0 Å². The molecule has 1 aromatic carbocycles. The van der Waals surface area contributed by atoms with Crippen LogP contribution in [0.4, 0.5) is 5.69 Å². The average molecular weight is 310 g/mol. The second-order valence-electron chi connectivity index (χ2n) is 5.35. The highest BCUT2D eigenvalue weighted by Crippen LogP contribution is 2.37. The van der Waals surface area contributed by atoms with Gasteiger partial charge in [0.05, 0.1) is 4.83 Å². The van der Waals surface area contributed by atoms with Crippen molar-refractivity contribution in [1.29, 1.82) is 0 Å². The van der Waals surface area contributed by atoms with E-state index in [4.69, 9.17) is 0 Å². The number of hydrogen-bond donors (Lipinski definition) is 1. The Morgan fingerprint density at radius 2 is 2.11 bits per heavy atom. The second-order valence-corrected chi connectivity index (χ2v) is 6.72. The summed E-state index contributed by atoms with van der Waals surface area (Å²) in [5, 5.41) is 2.85. The van der Waals surface area contributed by atoms with Crippen molar-refractivity contribution in [3.63, 3.8) is 0 Å². The molecule has 0 fully saturated rings. The van der Waals surface area contributed by atoms with Gasteiger partial charge in [0.1, 0.15) is 0 Å². The molecule has 0 saturated carbocycles. The van der Waals surface area contributed by atoms with Crippen LogP contribution in [0.2, 0.25) is 0 Å². The minimum Gasteiger partial charge on any atom is -0.326 e. The molecule has 4 heteroatoms. The van der Waals surface area contributed by atoms with E-state index in [1.165, 1.54) is 0 Å². The lowest BCUT2D eigenvalue weighted by molar-refractivity contribution is -0.117. The van der Waals surface area contributed by atoms with E-state index in [9.17, 15) is 9.59 Å². The van der Waals surface area contributed by atoms with Crippen LogP contribution >= 0.6 is 15.9 Å². The molecule has 2 rings (SSSR count). The fourth-order valence-electron chi connectivity index (χ4n) is 2.29. The number of carbonyl (C=O) groups is 2. The van der Waals surface area contributed by atoms with Crippen molar-refractivity contribution in [1.82, 2.24) is 0 Å². The Labute approximate surface area is 115 Å². The van der Waals surface area contributed by atoms with E-state index in [-0.39, 0.29) is 21.9 Å². The maximum atomic E-state index is 12.0. The maximum Gasteiger partial charge on any atom is 0.225 e. The number of benzene rings is 1. The molecule has 1 aromatic rings. The fourth-order valence-corrected chi connectivity index (χ4v) is 2.55. The Hall–Kier alpha value is -1.16. The first kappa shape index (κ1) is 13.3. The van der Waals surface area contributed by atoms with Crippen LogP contribution in [-0.4, -0.2) is 16.5 Å². The lowest BCUT2D eigenvalue weighted by atomic mass is 9.77. The summed E-state index contributed by atoms with van der Waals surface area (Å²) in [6.45, 7) is 5.86. The van der Waals surface area contributed by atoms with E-state index in [2.05, 4.69) is 21.2 Å². The number of anilines is 1. The monoisotopic (exact) mass is 309 g/mol. The molecule has 1 aliphatic heterocycles. The normalized spacial score (nSPS) is 18.8. The van der Waals surface area contributed by atoms with Gasteiger partial charge in [0.15, 0.2) is 5.78 Å². The Kier molecular flexibility index (Phi) is 3.32. The summed E-state index contributed by atoms with van der Waals surface area (Å²) in [6, 6.07) is 5.48. The molecular formula is C14H16BrNO2. The quantitative estimate of drug-likeness (QED) is 0.673. The first-order chi connectivity index (χ1) is 8.31. The molecular weight excluding hydrogens is 294 g/mol. The highest BCUT2D eigenvalue weighted by Gasteiger charge is 2.32. The third kappa shape index (κ3) is 2.34. The Balaban J connectivity index is 2.49. The molecule has 3 nitrogen and oxygen atoms in total.